The van der Waals surface area contributed by atoms with Crippen LogP contribution in [0.25, 0.3) is 0 Å². The van der Waals surface area contributed by atoms with Crippen molar-refractivity contribution in [3.8, 4) is 0 Å². The van der Waals surface area contributed by atoms with Crippen LogP contribution in [0.2, 0.25) is 5.02 Å². The Hall–Kier alpha value is -1.63. The minimum Gasteiger partial charge on any atom is -0.381 e. The SMILES string of the molecule is CC(C)[C@H](NC(=O)c1ccccc1Cl)C(=O)N1CCN(C[C@H]2CCOC2)CC1. The average Bonchev–Trinajstić information content (AvgIpc) is 3.19. The molecule has 1 N–H and O–H groups in total. The van der Waals surface area contributed by atoms with Crippen molar-refractivity contribution in [2.75, 3.05) is 45.9 Å². The molecule has 2 aliphatic rings. The second-order valence-electron chi connectivity index (χ2n) is 8.03. The Balaban J connectivity index is 1.56. The fourth-order valence-electron chi connectivity index (χ4n) is 3.82. The van der Waals surface area contributed by atoms with Gasteiger partial charge in [-0.15, -0.1) is 0 Å². The molecule has 0 aliphatic carbocycles. The number of carbonyl (C=O) groups is 2. The van der Waals surface area contributed by atoms with Gasteiger partial charge in [-0.05, 0) is 30.4 Å². The molecule has 0 radical (unpaired) electrons. The van der Waals surface area contributed by atoms with Gasteiger partial charge in [-0.25, -0.2) is 0 Å². The van der Waals surface area contributed by atoms with E-state index in [4.69, 9.17) is 16.3 Å². The first-order chi connectivity index (χ1) is 13.5. The average molecular weight is 408 g/mol. The number of hydrogen-bond acceptors (Lipinski definition) is 4. The minimum atomic E-state index is -0.557. The number of benzene rings is 1. The summed E-state index contributed by atoms with van der Waals surface area (Å²) < 4.78 is 5.46. The first-order valence-corrected chi connectivity index (χ1v) is 10.5. The molecule has 0 saturated carbocycles. The predicted octanol–water partition coefficient (Wildman–Crippen LogP) is 2.28. The van der Waals surface area contributed by atoms with E-state index in [1.807, 2.05) is 18.7 Å². The van der Waals surface area contributed by atoms with Crippen LogP contribution < -0.4 is 5.32 Å². The number of ether oxygens (including phenoxy) is 1. The van der Waals surface area contributed by atoms with Gasteiger partial charge in [0.05, 0.1) is 17.2 Å². The smallest absolute Gasteiger partial charge is 0.253 e. The Bertz CT molecular complexity index is 683. The Morgan fingerprint density at radius 3 is 2.54 bits per heavy atom. The molecule has 2 aliphatic heterocycles. The van der Waals surface area contributed by atoms with Crippen molar-refractivity contribution in [2.45, 2.75) is 26.3 Å². The summed E-state index contributed by atoms with van der Waals surface area (Å²) in [6.07, 6.45) is 1.13. The van der Waals surface area contributed by atoms with Gasteiger partial charge in [0.1, 0.15) is 6.04 Å². The monoisotopic (exact) mass is 407 g/mol. The highest BCUT2D eigenvalue weighted by Gasteiger charge is 2.32. The normalized spacial score (nSPS) is 21.7. The molecule has 0 unspecified atom stereocenters. The number of hydrogen-bond donors (Lipinski definition) is 1. The zero-order chi connectivity index (χ0) is 20.1. The quantitative estimate of drug-likeness (QED) is 0.785. The summed E-state index contributed by atoms with van der Waals surface area (Å²) >= 11 is 6.13. The maximum atomic E-state index is 13.1. The van der Waals surface area contributed by atoms with Crippen LogP contribution >= 0.6 is 11.6 Å². The fraction of sp³-hybridized carbons (Fsp3) is 0.619. The first kappa shape index (κ1) is 21.1. The van der Waals surface area contributed by atoms with E-state index in [2.05, 4.69) is 10.2 Å². The molecule has 154 valence electrons. The lowest BCUT2D eigenvalue weighted by molar-refractivity contribution is -0.136. The van der Waals surface area contributed by atoms with Crippen molar-refractivity contribution in [3.05, 3.63) is 34.9 Å². The molecule has 2 fully saturated rings. The highest BCUT2D eigenvalue weighted by Crippen LogP contribution is 2.18. The van der Waals surface area contributed by atoms with Gasteiger partial charge in [0, 0.05) is 39.3 Å². The molecular formula is C21H30ClN3O3. The molecule has 0 spiro atoms. The molecule has 6 nitrogen and oxygen atoms in total. The molecule has 2 heterocycles. The van der Waals surface area contributed by atoms with Gasteiger partial charge in [0.15, 0.2) is 0 Å². The van der Waals surface area contributed by atoms with Crippen LogP contribution in [0.5, 0.6) is 0 Å². The van der Waals surface area contributed by atoms with Gasteiger partial charge in [0.25, 0.3) is 5.91 Å². The van der Waals surface area contributed by atoms with Gasteiger partial charge >= 0.3 is 0 Å². The molecule has 7 heteroatoms. The number of carbonyl (C=O) groups excluding carboxylic acids is 2. The molecule has 3 rings (SSSR count). The second kappa shape index (κ2) is 9.72. The third-order valence-electron chi connectivity index (χ3n) is 5.56. The van der Waals surface area contributed by atoms with Crippen LogP contribution in [0.1, 0.15) is 30.6 Å². The third kappa shape index (κ3) is 5.25. The van der Waals surface area contributed by atoms with Gasteiger partial charge in [-0.1, -0.05) is 37.6 Å². The van der Waals surface area contributed by atoms with Crippen LogP contribution in [-0.2, 0) is 9.53 Å². The number of nitrogens with zero attached hydrogens (tertiary/aromatic N) is 2. The Morgan fingerprint density at radius 2 is 1.93 bits per heavy atom. The predicted molar refractivity (Wildman–Crippen MR) is 109 cm³/mol. The highest BCUT2D eigenvalue weighted by molar-refractivity contribution is 6.33. The van der Waals surface area contributed by atoms with Crippen LogP contribution in [0, 0.1) is 11.8 Å². The molecule has 28 heavy (non-hydrogen) atoms. The van der Waals surface area contributed by atoms with Crippen molar-refractivity contribution < 1.29 is 14.3 Å². The summed E-state index contributed by atoms with van der Waals surface area (Å²) in [5, 5.41) is 3.28. The summed E-state index contributed by atoms with van der Waals surface area (Å²) in [6.45, 7) is 9.77. The molecular weight excluding hydrogens is 378 g/mol. The van der Waals surface area contributed by atoms with Crippen LogP contribution in [-0.4, -0.2) is 73.6 Å². The van der Waals surface area contributed by atoms with Crippen molar-refractivity contribution >= 4 is 23.4 Å². The number of halogens is 1. The molecule has 1 aromatic carbocycles. The van der Waals surface area contributed by atoms with Crippen molar-refractivity contribution in [1.29, 1.82) is 0 Å². The first-order valence-electron chi connectivity index (χ1n) is 10.1. The van der Waals surface area contributed by atoms with Crippen molar-refractivity contribution in [3.63, 3.8) is 0 Å². The summed E-state index contributed by atoms with van der Waals surface area (Å²) in [4.78, 5) is 30.0. The molecule has 0 aromatic heterocycles. The van der Waals surface area contributed by atoms with E-state index in [1.54, 1.807) is 24.3 Å². The third-order valence-corrected chi connectivity index (χ3v) is 5.89. The van der Waals surface area contributed by atoms with Gasteiger partial charge < -0.3 is 15.0 Å². The lowest BCUT2D eigenvalue weighted by atomic mass is 10.0. The van der Waals surface area contributed by atoms with Gasteiger partial charge in [-0.3, -0.25) is 14.5 Å². The van der Waals surface area contributed by atoms with E-state index >= 15 is 0 Å². The Labute approximate surface area is 172 Å². The standard InChI is InChI=1S/C21H30ClN3O3/c1-15(2)19(23-20(26)17-5-3-4-6-18(17)22)21(27)25-10-8-24(9-11-25)13-16-7-12-28-14-16/h3-6,15-16,19H,7-14H2,1-2H3,(H,23,26)/t16-,19+/m1/s1. The highest BCUT2D eigenvalue weighted by atomic mass is 35.5. The van der Waals surface area contributed by atoms with Crippen LogP contribution in [0.4, 0.5) is 0 Å². The molecule has 2 atom stereocenters. The van der Waals surface area contributed by atoms with E-state index in [0.717, 1.165) is 39.3 Å². The zero-order valence-electron chi connectivity index (χ0n) is 16.7. The molecule has 0 bridgehead atoms. The maximum absolute atomic E-state index is 13.1. The van der Waals surface area contributed by atoms with E-state index in [-0.39, 0.29) is 17.7 Å². The van der Waals surface area contributed by atoms with Gasteiger partial charge in [-0.2, -0.15) is 0 Å². The largest absolute Gasteiger partial charge is 0.381 e. The van der Waals surface area contributed by atoms with Crippen LogP contribution in [0.15, 0.2) is 24.3 Å². The van der Waals surface area contributed by atoms with Gasteiger partial charge in [0.2, 0.25) is 5.91 Å². The number of nitrogens with one attached hydrogen (secondary N) is 1. The molecule has 2 saturated heterocycles. The topological polar surface area (TPSA) is 61.9 Å². The fourth-order valence-corrected chi connectivity index (χ4v) is 4.04. The van der Waals surface area contributed by atoms with E-state index < -0.39 is 6.04 Å². The molecule has 2 amide bonds. The summed E-state index contributed by atoms with van der Waals surface area (Å²) in [6, 6.07) is 6.34. The Morgan fingerprint density at radius 1 is 1.21 bits per heavy atom. The number of amides is 2. The second-order valence-corrected chi connectivity index (χ2v) is 8.44. The lowest BCUT2D eigenvalue weighted by Crippen LogP contribution is -2.56. The van der Waals surface area contributed by atoms with E-state index in [9.17, 15) is 9.59 Å². The maximum Gasteiger partial charge on any atom is 0.253 e. The summed E-state index contributed by atoms with van der Waals surface area (Å²) in [5.74, 6) is 0.282. The Kier molecular flexibility index (Phi) is 7.32. The van der Waals surface area contributed by atoms with E-state index in [0.29, 0.717) is 29.6 Å². The minimum absolute atomic E-state index is 0.00685. The number of piperazine rings is 1. The van der Waals surface area contributed by atoms with E-state index in [1.165, 1.54) is 0 Å². The molecule has 1 aromatic rings. The number of rotatable bonds is 6. The zero-order valence-corrected chi connectivity index (χ0v) is 17.5. The summed E-state index contributed by atoms with van der Waals surface area (Å²) in [5.41, 5.74) is 0.395. The lowest BCUT2D eigenvalue weighted by Gasteiger charge is -2.38. The van der Waals surface area contributed by atoms with Crippen molar-refractivity contribution in [1.82, 2.24) is 15.1 Å². The van der Waals surface area contributed by atoms with Crippen molar-refractivity contribution in [2.24, 2.45) is 11.8 Å². The van der Waals surface area contributed by atoms with Crippen LogP contribution in [0.3, 0.4) is 0 Å². The summed E-state index contributed by atoms with van der Waals surface area (Å²) in [7, 11) is 0.